The Morgan fingerprint density at radius 3 is 2.73 bits per heavy atom. The maximum Gasteiger partial charge on any atom is 0.222 e. The summed E-state index contributed by atoms with van der Waals surface area (Å²) in [5, 5.41) is 2.88. The Morgan fingerprint density at radius 2 is 2.09 bits per heavy atom. The van der Waals surface area contributed by atoms with Crippen LogP contribution in [-0.4, -0.2) is 43.5 Å². The molecule has 2 rings (SSSR count). The Labute approximate surface area is 131 Å². The number of nitrogens with one attached hydrogen (secondary N) is 1. The van der Waals surface area contributed by atoms with Crippen molar-refractivity contribution < 1.29 is 14.3 Å². The summed E-state index contributed by atoms with van der Waals surface area (Å²) in [4.78, 5) is 25.0. The number of likely N-dealkylation sites (tertiary alicyclic amines) is 1. The van der Waals surface area contributed by atoms with Gasteiger partial charge in [0.15, 0.2) is 0 Å². The first-order chi connectivity index (χ1) is 10.7. The minimum atomic E-state index is 0.0557. The van der Waals surface area contributed by atoms with E-state index in [0.717, 1.165) is 31.6 Å². The van der Waals surface area contributed by atoms with Crippen molar-refractivity contribution in [1.82, 2.24) is 10.2 Å². The number of hydrogen-bond acceptors (Lipinski definition) is 3. The first kappa shape index (κ1) is 16.3. The van der Waals surface area contributed by atoms with E-state index in [1.165, 1.54) is 5.56 Å². The second kappa shape index (κ2) is 8.41. The SMILES string of the molecule is COc1ccc(CCCC(=O)NCCN2CCCC2=O)cc1. The van der Waals surface area contributed by atoms with Gasteiger partial charge >= 0.3 is 0 Å². The Morgan fingerprint density at radius 1 is 1.32 bits per heavy atom. The van der Waals surface area contributed by atoms with E-state index in [-0.39, 0.29) is 11.8 Å². The van der Waals surface area contributed by atoms with Crippen molar-refractivity contribution in [3.8, 4) is 5.75 Å². The lowest BCUT2D eigenvalue weighted by atomic mass is 10.1. The summed E-state index contributed by atoms with van der Waals surface area (Å²) in [5.74, 6) is 1.10. The predicted octanol–water partition coefficient (Wildman–Crippen LogP) is 1.76. The standard InChI is InChI=1S/C17H24N2O3/c1-22-15-9-7-14(8-10-15)4-2-5-16(20)18-11-13-19-12-3-6-17(19)21/h7-10H,2-6,11-13H2,1H3,(H,18,20). The first-order valence-electron chi connectivity index (χ1n) is 7.86. The summed E-state index contributed by atoms with van der Waals surface area (Å²) >= 11 is 0. The van der Waals surface area contributed by atoms with Crippen molar-refractivity contribution in [2.75, 3.05) is 26.7 Å². The molecule has 0 bridgehead atoms. The normalized spacial score (nSPS) is 14.2. The second-order valence-corrected chi connectivity index (χ2v) is 5.54. The number of amides is 2. The summed E-state index contributed by atoms with van der Waals surface area (Å²) < 4.78 is 5.11. The zero-order chi connectivity index (χ0) is 15.8. The maximum absolute atomic E-state index is 11.8. The van der Waals surface area contributed by atoms with Crippen molar-refractivity contribution in [1.29, 1.82) is 0 Å². The fourth-order valence-electron chi connectivity index (χ4n) is 2.60. The van der Waals surface area contributed by atoms with E-state index < -0.39 is 0 Å². The number of rotatable bonds is 8. The third-order valence-corrected chi connectivity index (χ3v) is 3.90. The number of carbonyl (C=O) groups is 2. The van der Waals surface area contributed by atoms with Crippen LogP contribution in [0.3, 0.4) is 0 Å². The van der Waals surface area contributed by atoms with Gasteiger partial charge in [-0.2, -0.15) is 0 Å². The number of hydrogen-bond donors (Lipinski definition) is 1. The molecule has 120 valence electrons. The van der Waals surface area contributed by atoms with Crippen LogP contribution in [0.25, 0.3) is 0 Å². The fraction of sp³-hybridized carbons (Fsp3) is 0.529. The zero-order valence-electron chi connectivity index (χ0n) is 13.1. The number of methoxy groups -OCH3 is 1. The predicted molar refractivity (Wildman–Crippen MR) is 84.8 cm³/mol. The van der Waals surface area contributed by atoms with Gasteiger partial charge in [0.25, 0.3) is 0 Å². The molecule has 0 aliphatic carbocycles. The molecule has 0 radical (unpaired) electrons. The quantitative estimate of drug-likeness (QED) is 0.796. The molecule has 1 aliphatic heterocycles. The summed E-state index contributed by atoms with van der Waals surface area (Å²) in [6.07, 6.45) is 3.80. The van der Waals surface area contributed by atoms with Crippen LogP contribution in [0, 0.1) is 0 Å². The van der Waals surface area contributed by atoms with Gasteiger partial charge in [-0.1, -0.05) is 12.1 Å². The van der Waals surface area contributed by atoms with Crippen LogP contribution in [0.2, 0.25) is 0 Å². The van der Waals surface area contributed by atoms with Gasteiger partial charge in [-0.3, -0.25) is 9.59 Å². The van der Waals surface area contributed by atoms with Crippen molar-refractivity contribution in [3.63, 3.8) is 0 Å². The van der Waals surface area contributed by atoms with Gasteiger partial charge in [-0.15, -0.1) is 0 Å². The lowest BCUT2D eigenvalue weighted by Gasteiger charge is -2.15. The average molecular weight is 304 g/mol. The van der Waals surface area contributed by atoms with Gasteiger partial charge in [0, 0.05) is 32.5 Å². The highest BCUT2D eigenvalue weighted by molar-refractivity contribution is 5.78. The molecule has 22 heavy (non-hydrogen) atoms. The molecule has 0 aromatic heterocycles. The van der Waals surface area contributed by atoms with Crippen molar-refractivity contribution in [3.05, 3.63) is 29.8 Å². The third-order valence-electron chi connectivity index (χ3n) is 3.90. The minimum absolute atomic E-state index is 0.0557. The minimum Gasteiger partial charge on any atom is -0.497 e. The highest BCUT2D eigenvalue weighted by Crippen LogP contribution is 2.13. The largest absolute Gasteiger partial charge is 0.497 e. The Bertz CT molecular complexity index is 499. The molecule has 1 fully saturated rings. The van der Waals surface area contributed by atoms with Gasteiger partial charge in [0.05, 0.1) is 7.11 Å². The Balaban J connectivity index is 1.58. The molecule has 2 amide bonds. The molecule has 1 aromatic carbocycles. The van der Waals surface area contributed by atoms with Gasteiger partial charge < -0.3 is 15.0 Å². The molecule has 1 aromatic rings. The van der Waals surface area contributed by atoms with E-state index in [0.29, 0.717) is 25.9 Å². The molecular formula is C17H24N2O3. The Kier molecular flexibility index (Phi) is 6.25. The fourth-order valence-corrected chi connectivity index (χ4v) is 2.60. The van der Waals surface area contributed by atoms with Gasteiger partial charge in [-0.05, 0) is 37.0 Å². The van der Waals surface area contributed by atoms with E-state index in [1.807, 2.05) is 29.2 Å². The molecule has 0 spiro atoms. The molecule has 5 nitrogen and oxygen atoms in total. The molecular weight excluding hydrogens is 280 g/mol. The molecule has 0 saturated carbocycles. The van der Waals surface area contributed by atoms with Crippen molar-refractivity contribution in [2.45, 2.75) is 32.1 Å². The van der Waals surface area contributed by atoms with E-state index in [9.17, 15) is 9.59 Å². The van der Waals surface area contributed by atoms with E-state index in [4.69, 9.17) is 4.74 Å². The average Bonchev–Trinajstić information content (AvgIpc) is 2.93. The number of nitrogens with zero attached hydrogens (tertiary/aromatic N) is 1. The highest BCUT2D eigenvalue weighted by atomic mass is 16.5. The smallest absolute Gasteiger partial charge is 0.222 e. The molecule has 1 heterocycles. The molecule has 1 aliphatic rings. The number of ether oxygens (including phenoxy) is 1. The number of benzene rings is 1. The number of aryl methyl sites for hydroxylation is 1. The zero-order valence-corrected chi connectivity index (χ0v) is 13.1. The van der Waals surface area contributed by atoms with Crippen LogP contribution in [0.1, 0.15) is 31.2 Å². The van der Waals surface area contributed by atoms with Gasteiger partial charge in [0.2, 0.25) is 11.8 Å². The lowest BCUT2D eigenvalue weighted by Crippen LogP contribution is -2.35. The third kappa shape index (κ3) is 5.06. The summed E-state index contributed by atoms with van der Waals surface area (Å²) in [6.45, 7) is 2.00. The second-order valence-electron chi connectivity index (χ2n) is 5.54. The number of carbonyl (C=O) groups excluding carboxylic acids is 2. The van der Waals surface area contributed by atoms with Crippen LogP contribution in [-0.2, 0) is 16.0 Å². The molecule has 0 atom stereocenters. The Hall–Kier alpha value is -2.04. The van der Waals surface area contributed by atoms with Crippen LogP contribution in [0.4, 0.5) is 0 Å². The van der Waals surface area contributed by atoms with Crippen molar-refractivity contribution >= 4 is 11.8 Å². The summed E-state index contributed by atoms with van der Waals surface area (Å²) in [6, 6.07) is 7.91. The highest BCUT2D eigenvalue weighted by Gasteiger charge is 2.19. The first-order valence-corrected chi connectivity index (χ1v) is 7.86. The molecule has 1 saturated heterocycles. The molecule has 0 unspecified atom stereocenters. The molecule has 1 N–H and O–H groups in total. The summed E-state index contributed by atoms with van der Waals surface area (Å²) in [7, 11) is 1.65. The van der Waals surface area contributed by atoms with Crippen LogP contribution in [0.15, 0.2) is 24.3 Å². The van der Waals surface area contributed by atoms with E-state index in [2.05, 4.69) is 5.32 Å². The van der Waals surface area contributed by atoms with Crippen molar-refractivity contribution in [2.24, 2.45) is 0 Å². The van der Waals surface area contributed by atoms with Gasteiger partial charge in [-0.25, -0.2) is 0 Å². The summed E-state index contributed by atoms with van der Waals surface area (Å²) in [5.41, 5.74) is 1.20. The monoisotopic (exact) mass is 304 g/mol. The lowest BCUT2D eigenvalue weighted by molar-refractivity contribution is -0.128. The van der Waals surface area contributed by atoms with Gasteiger partial charge in [0.1, 0.15) is 5.75 Å². The van der Waals surface area contributed by atoms with Crippen LogP contribution < -0.4 is 10.1 Å². The van der Waals surface area contributed by atoms with E-state index >= 15 is 0 Å². The van der Waals surface area contributed by atoms with E-state index in [1.54, 1.807) is 7.11 Å². The van der Waals surface area contributed by atoms with Crippen LogP contribution in [0.5, 0.6) is 5.75 Å². The maximum atomic E-state index is 11.8. The van der Waals surface area contributed by atoms with Crippen LogP contribution >= 0.6 is 0 Å². The molecule has 5 heteroatoms. The topological polar surface area (TPSA) is 58.6 Å².